The summed E-state index contributed by atoms with van der Waals surface area (Å²) < 4.78 is 0. The molecule has 0 saturated heterocycles. The first-order valence-electron chi connectivity index (χ1n) is 6.95. The fraction of sp³-hybridized carbons (Fsp3) is 0.800. The number of hydrogen-bond donors (Lipinski definition) is 1. The fourth-order valence-electron chi connectivity index (χ4n) is 3.46. The van der Waals surface area contributed by atoms with Crippen LogP contribution >= 0.6 is 0 Å². The van der Waals surface area contributed by atoms with E-state index >= 15 is 0 Å². The molecule has 1 N–H and O–H groups in total. The summed E-state index contributed by atoms with van der Waals surface area (Å²) in [5.74, 6) is 1.66. The van der Waals surface area contributed by atoms with Crippen molar-refractivity contribution in [1.29, 1.82) is 0 Å². The van der Waals surface area contributed by atoms with Crippen molar-refractivity contribution in [3.8, 4) is 0 Å². The van der Waals surface area contributed by atoms with E-state index in [1.807, 2.05) is 0 Å². The van der Waals surface area contributed by atoms with Gasteiger partial charge in [0.05, 0.1) is 14.1 Å². The quantitative estimate of drug-likeness (QED) is 0.457. The molecular formula is C15H27N2O+. The Morgan fingerprint density at radius 3 is 2.61 bits per heavy atom. The average molecular weight is 251 g/mol. The Bertz CT molecular complexity index is 373. The molecule has 0 amide bonds. The van der Waals surface area contributed by atoms with Crippen molar-refractivity contribution in [1.82, 2.24) is 0 Å². The van der Waals surface area contributed by atoms with Crippen LogP contribution in [0, 0.1) is 17.3 Å². The summed E-state index contributed by atoms with van der Waals surface area (Å²) in [6.07, 6.45) is 4.07. The van der Waals surface area contributed by atoms with E-state index in [9.17, 15) is 0 Å². The van der Waals surface area contributed by atoms with Crippen LogP contribution < -0.4 is 4.90 Å². The second-order valence-electron chi connectivity index (χ2n) is 6.90. The van der Waals surface area contributed by atoms with Gasteiger partial charge >= 0.3 is 0 Å². The van der Waals surface area contributed by atoms with Gasteiger partial charge in [-0.1, -0.05) is 31.7 Å². The van der Waals surface area contributed by atoms with Crippen molar-refractivity contribution < 1.29 is 9.74 Å². The molecule has 3 nitrogen and oxygen atoms in total. The molecule has 2 aliphatic rings. The molecule has 0 heterocycles. The van der Waals surface area contributed by atoms with Crippen molar-refractivity contribution in [2.24, 2.45) is 22.4 Å². The van der Waals surface area contributed by atoms with Gasteiger partial charge in [-0.05, 0) is 30.6 Å². The molecule has 0 aromatic carbocycles. The highest BCUT2D eigenvalue weighted by atomic mass is 16.6. The maximum absolute atomic E-state index is 5.36. The second-order valence-corrected chi connectivity index (χ2v) is 6.90. The SMILES string of the molecule is C=CCO/N=C1/C[C@@H]2[C@H](C[C@]1(C)[NH+](C)C)C2(C)C. The predicted octanol–water partition coefficient (Wildman–Crippen LogP) is 1.51. The molecule has 0 aromatic heterocycles. The Kier molecular flexibility index (Phi) is 3.30. The van der Waals surface area contributed by atoms with Gasteiger partial charge in [0.25, 0.3) is 0 Å². The van der Waals surface area contributed by atoms with Crippen LogP contribution in [0.5, 0.6) is 0 Å². The van der Waals surface area contributed by atoms with E-state index < -0.39 is 0 Å². The van der Waals surface area contributed by atoms with Gasteiger partial charge in [-0.3, -0.25) is 0 Å². The van der Waals surface area contributed by atoms with Gasteiger partial charge in [0.1, 0.15) is 17.9 Å². The lowest BCUT2D eigenvalue weighted by atomic mass is 9.80. The molecule has 2 aliphatic carbocycles. The minimum Gasteiger partial charge on any atom is -0.391 e. The Labute approximate surface area is 111 Å². The molecule has 3 heteroatoms. The van der Waals surface area contributed by atoms with Gasteiger partial charge in [-0.25, -0.2) is 0 Å². The number of rotatable bonds is 4. The van der Waals surface area contributed by atoms with Gasteiger partial charge in [0.15, 0.2) is 0 Å². The minimum absolute atomic E-state index is 0.121. The summed E-state index contributed by atoms with van der Waals surface area (Å²) in [4.78, 5) is 6.81. The highest BCUT2D eigenvalue weighted by Crippen LogP contribution is 2.65. The van der Waals surface area contributed by atoms with Gasteiger partial charge in [0.2, 0.25) is 0 Å². The first-order chi connectivity index (χ1) is 8.34. The smallest absolute Gasteiger partial charge is 0.137 e. The van der Waals surface area contributed by atoms with Crippen LogP contribution in [0.1, 0.15) is 33.6 Å². The molecule has 0 radical (unpaired) electrons. The summed E-state index contributed by atoms with van der Waals surface area (Å²) >= 11 is 0. The second kappa shape index (κ2) is 4.37. The molecule has 0 spiro atoms. The predicted molar refractivity (Wildman–Crippen MR) is 74.8 cm³/mol. The summed E-state index contributed by atoms with van der Waals surface area (Å²) in [5, 5.41) is 4.41. The lowest BCUT2D eigenvalue weighted by molar-refractivity contribution is -0.901. The zero-order valence-electron chi connectivity index (χ0n) is 12.4. The van der Waals surface area contributed by atoms with E-state index in [4.69, 9.17) is 4.84 Å². The molecule has 18 heavy (non-hydrogen) atoms. The summed E-state index contributed by atoms with van der Waals surface area (Å²) in [5.41, 5.74) is 1.85. The van der Waals surface area contributed by atoms with Crippen molar-refractivity contribution in [3.63, 3.8) is 0 Å². The largest absolute Gasteiger partial charge is 0.391 e. The van der Waals surface area contributed by atoms with Crippen molar-refractivity contribution >= 4 is 5.71 Å². The molecule has 2 rings (SSSR count). The van der Waals surface area contributed by atoms with Crippen LogP contribution in [0.3, 0.4) is 0 Å². The van der Waals surface area contributed by atoms with Crippen molar-refractivity contribution in [2.75, 3.05) is 20.7 Å². The minimum atomic E-state index is 0.121. The van der Waals surface area contributed by atoms with Crippen molar-refractivity contribution in [3.05, 3.63) is 12.7 Å². The maximum Gasteiger partial charge on any atom is 0.137 e. The molecule has 0 aliphatic heterocycles. The molecule has 0 aromatic rings. The Morgan fingerprint density at radius 2 is 2.06 bits per heavy atom. The van der Waals surface area contributed by atoms with E-state index in [-0.39, 0.29) is 5.54 Å². The van der Waals surface area contributed by atoms with Crippen LogP contribution in [0.2, 0.25) is 0 Å². The Balaban J connectivity index is 2.19. The van der Waals surface area contributed by atoms with Crippen molar-refractivity contribution in [2.45, 2.75) is 39.2 Å². The fourth-order valence-corrected chi connectivity index (χ4v) is 3.46. The summed E-state index contributed by atoms with van der Waals surface area (Å²) in [6, 6.07) is 0. The summed E-state index contributed by atoms with van der Waals surface area (Å²) in [6.45, 7) is 11.3. The van der Waals surface area contributed by atoms with Crippen LogP contribution in [0.4, 0.5) is 0 Å². The van der Waals surface area contributed by atoms with E-state index in [0.717, 1.165) is 18.3 Å². The van der Waals surface area contributed by atoms with Crippen LogP contribution in [-0.2, 0) is 4.84 Å². The van der Waals surface area contributed by atoms with Crippen LogP contribution in [0.25, 0.3) is 0 Å². The number of nitrogens with one attached hydrogen (secondary N) is 1. The number of fused-ring (bicyclic) bond motifs is 1. The average Bonchev–Trinajstić information content (AvgIpc) is 2.80. The first kappa shape index (κ1) is 13.6. The molecule has 3 atom stereocenters. The molecule has 0 bridgehead atoms. The van der Waals surface area contributed by atoms with E-state index in [2.05, 4.69) is 46.6 Å². The number of quaternary nitrogens is 1. The Morgan fingerprint density at radius 1 is 1.39 bits per heavy atom. The third-order valence-corrected chi connectivity index (χ3v) is 5.44. The maximum atomic E-state index is 5.36. The molecular weight excluding hydrogens is 224 g/mol. The summed E-state index contributed by atoms with van der Waals surface area (Å²) in [7, 11) is 4.44. The van der Waals surface area contributed by atoms with Crippen LogP contribution in [-0.4, -0.2) is 32.0 Å². The topological polar surface area (TPSA) is 26.0 Å². The molecule has 2 fully saturated rings. The lowest BCUT2D eigenvalue weighted by Crippen LogP contribution is -3.16. The highest BCUT2D eigenvalue weighted by Gasteiger charge is 2.65. The molecule has 102 valence electrons. The van der Waals surface area contributed by atoms with Gasteiger partial charge in [0, 0.05) is 6.42 Å². The number of nitrogens with zero attached hydrogens (tertiary/aromatic N) is 1. The normalized spacial score (nSPS) is 39.6. The number of hydrogen-bond acceptors (Lipinski definition) is 2. The number of oxime groups is 1. The molecule has 2 saturated carbocycles. The van der Waals surface area contributed by atoms with Crippen LogP contribution in [0.15, 0.2) is 17.8 Å². The van der Waals surface area contributed by atoms with E-state index in [1.54, 1.807) is 6.08 Å². The van der Waals surface area contributed by atoms with Gasteiger partial charge < -0.3 is 9.74 Å². The van der Waals surface area contributed by atoms with E-state index in [1.165, 1.54) is 17.0 Å². The third kappa shape index (κ3) is 1.99. The zero-order valence-corrected chi connectivity index (χ0v) is 12.4. The molecule has 0 unspecified atom stereocenters. The van der Waals surface area contributed by atoms with Gasteiger partial charge in [-0.15, -0.1) is 0 Å². The zero-order chi connectivity index (χ0) is 13.6. The standard InChI is InChI=1S/C15H26N2O/c1-7-8-18-16-13-9-11-12(14(11,2)3)10-15(13,4)17(5)6/h7,11-12H,1,8-10H2,2-6H3/p+1/b16-13-/t11-,12+,15+/m1/s1. The highest BCUT2D eigenvalue weighted by molar-refractivity contribution is 5.93. The van der Waals surface area contributed by atoms with E-state index in [0.29, 0.717) is 12.0 Å². The van der Waals surface area contributed by atoms with Gasteiger partial charge in [-0.2, -0.15) is 0 Å². The first-order valence-corrected chi connectivity index (χ1v) is 6.95. The third-order valence-electron chi connectivity index (χ3n) is 5.44. The Hall–Kier alpha value is -0.830. The monoisotopic (exact) mass is 251 g/mol. The lowest BCUT2D eigenvalue weighted by Gasteiger charge is -2.36.